The third-order valence-electron chi connectivity index (χ3n) is 3.70. The lowest BCUT2D eigenvalue weighted by Gasteiger charge is -2.14. The Morgan fingerprint density at radius 3 is 2.36 bits per heavy atom. The van der Waals surface area contributed by atoms with Crippen LogP contribution in [0.25, 0.3) is 11.3 Å². The van der Waals surface area contributed by atoms with Crippen molar-refractivity contribution < 1.29 is 9.90 Å². The van der Waals surface area contributed by atoms with Crippen LogP contribution in [-0.2, 0) is 12.8 Å². The first-order chi connectivity index (χ1) is 10.4. The summed E-state index contributed by atoms with van der Waals surface area (Å²) in [5.41, 5.74) is 5.02. The Labute approximate surface area is 132 Å². The fraction of sp³-hybridized carbons (Fsp3) is 0.368. The molecule has 0 fully saturated rings. The minimum absolute atomic E-state index is 0.382. The van der Waals surface area contributed by atoms with Crippen molar-refractivity contribution in [2.75, 3.05) is 0 Å². The van der Waals surface area contributed by atoms with Crippen molar-refractivity contribution in [3.8, 4) is 11.3 Å². The maximum atomic E-state index is 11.6. The zero-order valence-electron chi connectivity index (χ0n) is 13.7. The van der Waals surface area contributed by atoms with Crippen LogP contribution in [0.15, 0.2) is 30.3 Å². The molecule has 22 heavy (non-hydrogen) atoms. The van der Waals surface area contributed by atoms with Gasteiger partial charge >= 0.3 is 5.97 Å². The van der Waals surface area contributed by atoms with Crippen molar-refractivity contribution in [1.82, 2.24) is 4.98 Å². The Hall–Kier alpha value is -2.16. The molecule has 2 rings (SSSR count). The van der Waals surface area contributed by atoms with Crippen molar-refractivity contribution in [3.63, 3.8) is 0 Å². The van der Waals surface area contributed by atoms with E-state index in [9.17, 15) is 9.90 Å². The lowest BCUT2D eigenvalue weighted by molar-refractivity contribution is 0.0694. The van der Waals surface area contributed by atoms with Crippen LogP contribution < -0.4 is 0 Å². The monoisotopic (exact) mass is 297 g/mol. The molecule has 2 aromatic rings. The molecule has 0 saturated carbocycles. The van der Waals surface area contributed by atoms with Crippen LogP contribution in [-0.4, -0.2) is 16.1 Å². The van der Waals surface area contributed by atoms with Crippen molar-refractivity contribution in [2.45, 2.75) is 40.5 Å². The number of benzene rings is 1. The van der Waals surface area contributed by atoms with Gasteiger partial charge in [-0.25, -0.2) is 4.79 Å². The third kappa shape index (κ3) is 3.53. The predicted molar refractivity (Wildman–Crippen MR) is 89.3 cm³/mol. The van der Waals surface area contributed by atoms with Gasteiger partial charge in [0.2, 0.25) is 0 Å². The van der Waals surface area contributed by atoms with E-state index in [1.165, 1.54) is 5.56 Å². The van der Waals surface area contributed by atoms with Gasteiger partial charge in [0.05, 0.1) is 17.0 Å². The number of hydrogen-bond acceptors (Lipinski definition) is 2. The molecule has 0 aliphatic heterocycles. The molecule has 0 aliphatic rings. The molecule has 0 radical (unpaired) electrons. The number of aryl methyl sites for hydroxylation is 2. The van der Waals surface area contributed by atoms with Gasteiger partial charge in [-0.3, -0.25) is 4.98 Å². The molecule has 1 heterocycles. The molecule has 1 N–H and O–H groups in total. The van der Waals surface area contributed by atoms with Crippen LogP contribution in [0.3, 0.4) is 0 Å². The van der Waals surface area contributed by atoms with E-state index >= 15 is 0 Å². The van der Waals surface area contributed by atoms with Crippen LogP contribution in [0.5, 0.6) is 0 Å². The predicted octanol–water partition coefficient (Wildman–Crippen LogP) is 4.52. The zero-order chi connectivity index (χ0) is 16.3. The van der Waals surface area contributed by atoms with E-state index in [-0.39, 0.29) is 0 Å². The summed E-state index contributed by atoms with van der Waals surface area (Å²) in [6, 6.07) is 10.1. The van der Waals surface area contributed by atoms with Crippen molar-refractivity contribution in [1.29, 1.82) is 0 Å². The normalized spacial score (nSPS) is 11.0. The highest BCUT2D eigenvalue weighted by Crippen LogP contribution is 2.25. The Bertz CT molecular complexity index is 673. The summed E-state index contributed by atoms with van der Waals surface area (Å²) in [7, 11) is 0. The second-order valence-corrected chi connectivity index (χ2v) is 6.11. The van der Waals surface area contributed by atoms with Crippen molar-refractivity contribution in [3.05, 3.63) is 52.7 Å². The smallest absolute Gasteiger partial charge is 0.337 e. The number of carbonyl (C=O) groups is 1. The van der Waals surface area contributed by atoms with E-state index in [0.29, 0.717) is 23.6 Å². The summed E-state index contributed by atoms with van der Waals surface area (Å²) in [6.07, 6.45) is 1.36. The summed E-state index contributed by atoms with van der Waals surface area (Å²) >= 11 is 0. The van der Waals surface area contributed by atoms with E-state index < -0.39 is 5.97 Å². The topological polar surface area (TPSA) is 50.2 Å². The van der Waals surface area contributed by atoms with Crippen LogP contribution in [0.4, 0.5) is 0 Å². The number of rotatable bonds is 5. The molecular weight excluding hydrogens is 274 g/mol. The second kappa shape index (κ2) is 6.73. The first-order valence-electron chi connectivity index (χ1n) is 7.75. The average molecular weight is 297 g/mol. The van der Waals surface area contributed by atoms with Gasteiger partial charge in [0, 0.05) is 5.56 Å². The number of nitrogens with zero attached hydrogens (tertiary/aromatic N) is 1. The molecule has 0 atom stereocenters. The molecule has 0 spiro atoms. The van der Waals surface area contributed by atoms with Gasteiger partial charge in [0.15, 0.2) is 0 Å². The second-order valence-electron chi connectivity index (χ2n) is 6.11. The number of aromatic carboxylic acids is 1. The van der Waals surface area contributed by atoms with E-state index in [1.807, 2.05) is 32.0 Å². The van der Waals surface area contributed by atoms with Crippen molar-refractivity contribution >= 4 is 5.97 Å². The van der Waals surface area contributed by atoms with Gasteiger partial charge in [0.1, 0.15) is 0 Å². The van der Waals surface area contributed by atoms with Crippen molar-refractivity contribution in [2.24, 2.45) is 5.92 Å². The fourth-order valence-electron chi connectivity index (χ4n) is 2.65. The molecule has 0 unspecified atom stereocenters. The average Bonchev–Trinajstić information content (AvgIpc) is 2.46. The first kappa shape index (κ1) is 16.2. The van der Waals surface area contributed by atoms with E-state index in [1.54, 1.807) is 0 Å². The quantitative estimate of drug-likeness (QED) is 0.883. The Kier molecular flexibility index (Phi) is 4.96. The van der Waals surface area contributed by atoms with E-state index in [4.69, 9.17) is 0 Å². The first-order valence-corrected chi connectivity index (χ1v) is 7.75. The Morgan fingerprint density at radius 2 is 1.86 bits per heavy atom. The molecule has 3 heteroatoms. The lowest BCUT2D eigenvalue weighted by atomic mass is 9.94. The van der Waals surface area contributed by atoms with Gasteiger partial charge in [-0.1, -0.05) is 50.6 Å². The summed E-state index contributed by atoms with van der Waals surface area (Å²) in [5, 5.41) is 9.55. The summed E-state index contributed by atoms with van der Waals surface area (Å²) in [6.45, 7) is 8.20. The molecule has 0 amide bonds. The van der Waals surface area contributed by atoms with Crippen LogP contribution in [0.1, 0.15) is 48.0 Å². The SMILES string of the molecule is CCc1nc(-c2ccc(C)cc2)cc(CC(C)C)c1C(=O)O. The highest BCUT2D eigenvalue weighted by molar-refractivity contribution is 5.91. The molecule has 1 aromatic carbocycles. The highest BCUT2D eigenvalue weighted by atomic mass is 16.4. The summed E-state index contributed by atoms with van der Waals surface area (Å²) < 4.78 is 0. The van der Waals surface area contributed by atoms with E-state index in [0.717, 1.165) is 23.2 Å². The third-order valence-corrected chi connectivity index (χ3v) is 3.70. The summed E-state index contributed by atoms with van der Waals surface area (Å²) in [5.74, 6) is -0.480. The number of hydrogen-bond donors (Lipinski definition) is 1. The maximum Gasteiger partial charge on any atom is 0.337 e. The molecule has 0 aliphatic carbocycles. The minimum Gasteiger partial charge on any atom is -0.478 e. The molecule has 0 bridgehead atoms. The zero-order valence-corrected chi connectivity index (χ0v) is 13.7. The molecule has 1 aromatic heterocycles. The minimum atomic E-state index is -0.879. The van der Waals surface area contributed by atoms with Gasteiger partial charge < -0.3 is 5.11 Å². The highest BCUT2D eigenvalue weighted by Gasteiger charge is 2.19. The van der Waals surface area contributed by atoms with Crippen LogP contribution in [0, 0.1) is 12.8 Å². The standard InChI is InChI=1S/C19H23NO2/c1-5-16-18(19(21)22)15(10-12(2)3)11-17(20-16)14-8-6-13(4)7-9-14/h6-9,11-12H,5,10H2,1-4H3,(H,21,22). The number of aromatic nitrogens is 1. The summed E-state index contributed by atoms with van der Waals surface area (Å²) in [4.78, 5) is 16.2. The Morgan fingerprint density at radius 1 is 1.23 bits per heavy atom. The van der Waals surface area contributed by atoms with Crippen LogP contribution in [0.2, 0.25) is 0 Å². The number of carboxylic acids is 1. The largest absolute Gasteiger partial charge is 0.478 e. The molecule has 3 nitrogen and oxygen atoms in total. The molecule has 0 saturated heterocycles. The van der Waals surface area contributed by atoms with Gasteiger partial charge in [-0.05, 0) is 37.3 Å². The Balaban J connectivity index is 2.61. The van der Waals surface area contributed by atoms with E-state index in [2.05, 4.69) is 31.0 Å². The maximum absolute atomic E-state index is 11.6. The van der Waals surface area contributed by atoms with Gasteiger partial charge in [-0.15, -0.1) is 0 Å². The van der Waals surface area contributed by atoms with Gasteiger partial charge in [-0.2, -0.15) is 0 Å². The fourth-order valence-corrected chi connectivity index (χ4v) is 2.65. The van der Waals surface area contributed by atoms with Gasteiger partial charge in [0.25, 0.3) is 0 Å². The molecular formula is C19H23NO2. The van der Waals surface area contributed by atoms with Crippen LogP contribution >= 0.6 is 0 Å². The number of carboxylic acid groups (broad SMARTS) is 1. The molecule has 116 valence electrons. The lowest BCUT2D eigenvalue weighted by Crippen LogP contribution is -2.11. The number of pyridine rings is 1.